The molecule has 3 atom stereocenters. The van der Waals surface area contributed by atoms with Gasteiger partial charge < -0.3 is 14.6 Å². The number of ether oxygens (including phenoxy) is 2. The van der Waals surface area contributed by atoms with E-state index in [-0.39, 0.29) is 25.0 Å². The number of nitrogens with one attached hydrogen (secondary N) is 1. The summed E-state index contributed by atoms with van der Waals surface area (Å²) in [6.45, 7) is 7.11. The fourth-order valence-corrected chi connectivity index (χ4v) is 3.92. The molecule has 0 amide bonds. The molecule has 0 spiro atoms. The largest absolute Gasteiger partial charge is 0.459 e. The molecule has 3 unspecified atom stereocenters. The molecule has 1 aromatic heterocycles. The zero-order valence-electron chi connectivity index (χ0n) is 19.3. The predicted octanol–water partition coefficient (Wildman–Crippen LogP) is 2.02. The molecule has 9 nitrogen and oxygen atoms in total. The fraction of sp³-hybridized carbons (Fsp3) is 0.500. The molecule has 1 aromatic carbocycles. The van der Waals surface area contributed by atoms with Crippen LogP contribution in [0.3, 0.4) is 0 Å². The van der Waals surface area contributed by atoms with Crippen molar-refractivity contribution in [3.63, 3.8) is 0 Å². The van der Waals surface area contributed by atoms with Crippen LogP contribution in [0.4, 0.5) is 0 Å². The Kier molecular flexibility index (Phi) is 7.65. The van der Waals surface area contributed by atoms with Crippen LogP contribution in [0.15, 0.2) is 27.9 Å². The Morgan fingerprint density at radius 2 is 1.79 bits per heavy atom. The van der Waals surface area contributed by atoms with Crippen molar-refractivity contribution in [3.8, 4) is 0 Å². The molecular formula is C24H30N2O7. The van der Waals surface area contributed by atoms with E-state index in [2.05, 4.69) is 4.98 Å². The Balaban J connectivity index is 1.55. The Bertz CT molecular complexity index is 1140. The SMILES string of the molecule is Cc1cc(C(=O)CCCC(=O)OC2CC(n3cc(C)c(=O)[nH]c3=O)OC2CO)cc(C)c1C. The number of H-pyrrole nitrogens is 1. The van der Waals surface area contributed by atoms with Gasteiger partial charge in [-0.05, 0) is 62.9 Å². The lowest BCUT2D eigenvalue weighted by atomic mass is 9.97. The minimum absolute atomic E-state index is 0.0284. The first-order chi connectivity index (χ1) is 15.6. The Hall–Kier alpha value is -3.04. The minimum atomic E-state index is -0.793. The van der Waals surface area contributed by atoms with Crippen LogP contribution >= 0.6 is 0 Å². The third-order valence-corrected chi connectivity index (χ3v) is 6.13. The number of nitrogens with zero attached hydrogens (tertiary/aromatic N) is 1. The maximum absolute atomic E-state index is 12.5. The molecule has 33 heavy (non-hydrogen) atoms. The van der Waals surface area contributed by atoms with Gasteiger partial charge in [-0.2, -0.15) is 0 Å². The zero-order valence-corrected chi connectivity index (χ0v) is 19.3. The van der Waals surface area contributed by atoms with E-state index >= 15 is 0 Å². The molecule has 0 radical (unpaired) electrons. The monoisotopic (exact) mass is 458 g/mol. The van der Waals surface area contributed by atoms with Gasteiger partial charge in [0.25, 0.3) is 5.56 Å². The third kappa shape index (κ3) is 5.66. The van der Waals surface area contributed by atoms with Crippen LogP contribution in [0.1, 0.15) is 64.5 Å². The predicted molar refractivity (Wildman–Crippen MR) is 120 cm³/mol. The lowest BCUT2D eigenvalue weighted by molar-refractivity contribution is -0.153. The normalized spacial score (nSPS) is 20.1. The number of aromatic amines is 1. The molecule has 2 aromatic rings. The standard InChI is InChI=1S/C24H30N2O7/c1-13-8-17(9-14(2)16(13)4)18(28)6-5-7-22(29)33-19-10-21(32-20(19)12-27)26-11-15(3)23(30)25-24(26)31/h8-9,11,19-21,27H,5-7,10,12H2,1-4H3,(H,25,30,31). The number of benzene rings is 1. The van der Waals surface area contributed by atoms with Crippen LogP contribution in [-0.4, -0.2) is 45.2 Å². The lowest BCUT2D eigenvalue weighted by Crippen LogP contribution is -2.33. The molecule has 2 heterocycles. The van der Waals surface area contributed by atoms with Crippen molar-refractivity contribution in [1.82, 2.24) is 9.55 Å². The van der Waals surface area contributed by atoms with Gasteiger partial charge in [0.05, 0.1) is 6.61 Å². The van der Waals surface area contributed by atoms with E-state index in [0.717, 1.165) is 16.7 Å². The Labute approximate surface area is 191 Å². The number of aryl methyl sites for hydroxylation is 3. The number of esters is 1. The van der Waals surface area contributed by atoms with Gasteiger partial charge in [0, 0.05) is 36.6 Å². The van der Waals surface area contributed by atoms with Crippen LogP contribution in [0.2, 0.25) is 0 Å². The van der Waals surface area contributed by atoms with Gasteiger partial charge in [-0.25, -0.2) is 4.79 Å². The average Bonchev–Trinajstić information content (AvgIpc) is 3.16. The first-order valence-corrected chi connectivity index (χ1v) is 11.0. The second kappa shape index (κ2) is 10.3. The van der Waals surface area contributed by atoms with Gasteiger partial charge in [-0.3, -0.25) is 23.9 Å². The van der Waals surface area contributed by atoms with Gasteiger partial charge in [0.2, 0.25) is 0 Å². The summed E-state index contributed by atoms with van der Waals surface area (Å²) in [5, 5.41) is 9.62. The van der Waals surface area contributed by atoms with E-state index in [1.54, 1.807) is 6.92 Å². The number of hydrogen-bond donors (Lipinski definition) is 2. The number of carbonyl (C=O) groups excluding carboxylic acids is 2. The van der Waals surface area contributed by atoms with Crippen molar-refractivity contribution < 1.29 is 24.2 Å². The van der Waals surface area contributed by atoms with Gasteiger partial charge in [0.1, 0.15) is 18.4 Å². The highest BCUT2D eigenvalue weighted by molar-refractivity contribution is 5.96. The second-order valence-electron chi connectivity index (χ2n) is 8.57. The maximum Gasteiger partial charge on any atom is 0.330 e. The molecular weight excluding hydrogens is 428 g/mol. The summed E-state index contributed by atoms with van der Waals surface area (Å²) in [6.07, 6.45) is -0.180. The van der Waals surface area contributed by atoms with Crippen molar-refractivity contribution in [3.05, 3.63) is 67.0 Å². The molecule has 2 N–H and O–H groups in total. The van der Waals surface area contributed by atoms with Gasteiger partial charge in [0.15, 0.2) is 5.78 Å². The van der Waals surface area contributed by atoms with Crippen LogP contribution in [0.5, 0.6) is 0 Å². The van der Waals surface area contributed by atoms with Crippen LogP contribution in [0, 0.1) is 27.7 Å². The fourth-order valence-electron chi connectivity index (χ4n) is 3.92. The molecule has 1 fully saturated rings. The number of aromatic nitrogens is 2. The van der Waals surface area contributed by atoms with Gasteiger partial charge in [-0.15, -0.1) is 0 Å². The highest BCUT2D eigenvalue weighted by Crippen LogP contribution is 2.30. The minimum Gasteiger partial charge on any atom is -0.459 e. The Morgan fingerprint density at radius 1 is 1.12 bits per heavy atom. The second-order valence-corrected chi connectivity index (χ2v) is 8.57. The van der Waals surface area contributed by atoms with Crippen molar-refractivity contribution >= 4 is 11.8 Å². The molecule has 1 saturated heterocycles. The number of aliphatic hydroxyl groups is 1. The quantitative estimate of drug-likeness (QED) is 0.457. The first-order valence-electron chi connectivity index (χ1n) is 11.0. The molecule has 0 bridgehead atoms. The molecule has 1 aliphatic heterocycles. The average molecular weight is 459 g/mol. The van der Waals surface area contributed by atoms with Crippen molar-refractivity contribution in [2.45, 2.75) is 71.8 Å². The molecule has 0 saturated carbocycles. The van der Waals surface area contributed by atoms with Crippen LogP contribution in [-0.2, 0) is 14.3 Å². The maximum atomic E-state index is 12.5. The van der Waals surface area contributed by atoms with Crippen molar-refractivity contribution in [2.24, 2.45) is 0 Å². The van der Waals surface area contributed by atoms with E-state index in [1.165, 1.54) is 10.8 Å². The number of aliphatic hydroxyl groups excluding tert-OH is 1. The van der Waals surface area contributed by atoms with E-state index in [4.69, 9.17) is 9.47 Å². The summed E-state index contributed by atoms with van der Waals surface area (Å²) in [5.74, 6) is -0.531. The number of rotatable bonds is 8. The number of hydrogen-bond acceptors (Lipinski definition) is 7. The van der Waals surface area contributed by atoms with Crippen molar-refractivity contribution in [1.29, 1.82) is 0 Å². The summed E-state index contributed by atoms with van der Waals surface area (Å²) in [4.78, 5) is 50.8. The summed E-state index contributed by atoms with van der Waals surface area (Å²) in [7, 11) is 0. The molecule has 178 valence electrons. The molecule has 3 rings (SSSR count). The lowest BCUT2D eigenvalue weighted by Gasteiger charge is -2.16. The Morgan fingerprint density at radius 3 is 2.42 bits per heavy atom. The van der Waals surface area contributed by atoms with E-state index in [0.29, 0.717) is 17.5 Å². The number of ketones is 1. The van der Waals surface area contributed by atoms with Gasteiger partial charge in [-0.1, -0.05) is 0 Å². The highest BCUT2D eigenvalue weighted by atomic mass is 16.6. The topological polar surface area (TPSA) is 128 Å². The number of carbonyl (C=O) groups is 2. The summed E-state index contributed by atoms with van der Waals surface area (Å²) < 4.78 is 12.4. The van der Waals surface area contributed by atoms with Crippen LogP contribution in [0.25, 0.3) is 0 Å². The van der Waals surface area contributed by atoms with Crippen LogP contribution < -0.4 is 11.2 Å². The van der Waals surface area contributed by atoms with E-state index in [9.17, 15) is 24.3 Å². The molecule has 0 aliphatic carbocycles. The molecule has 1 aliphatic rings. The zero-order chi connectivity index (χ0) is 24.3. The summed E-state index contributed by atoms with van der Waals surface area (Å²) in [5.41, 5.74) is 3.12. The summed E-state index contributed by atoms with van der Waals surface area (Å²) >= 11 is 0. The third-order valence-electron chi connectivity index (χ3n) is 6.13. The number of Topliss-reactive ketones (excluding diaryl/α,β-unsaturated/α-hetero) is 1. The van der Waals surface area contributed by atoms with E-state index in [1.807, 2.05) is 32.9 Å². The molecule has 9 heteroatoms. The first kappa shape index (κ1) is 24.6. The van der Waals surface area contributed by atoms with E-state index < -0.39 is 42.3 Å². The summed E-state index contributed by atoms with van der Waals surface area (Å²) in [6, 6.07) is 3.73. The smallest absolute Gasteiger partial charge is 0.330 e. The van der Waals surface area contributed by atoms with Gasteiger partial charge >= 0.3 is 11.7 Å². The van der Waals surface area contributed by atoms with Crippen molar-refractivity contribution in [2.75, 3.05) is 6.61 Å². The highest BCUT2D eigenvalue weighted by Gasteiger charge is 2.39.